The van der Waals surface area contributed by atoms with E-state index < -0.39 is 0 Å². The molecule has 0 spiro atoms. The highest BCUT2D eigenvalue weighted by Crippen LogP contribution is 2.13. The molecule has 2 N–H and O–H groups in total. The van der Waals surface area contributed by atoms with Crippen LogP contribution < -0.4 is 5.73 Å². The first kappa shape index (κ1) is 15.4. The second-order valence-corrected chi connectivity index (χ2v) is 5.11. The van der Waals surface area contributed by atoms with Gasteiger partial charge < -0.3 is 10.6 Å². The van der Waals surface area contributed by atoms with Gasteiger partial charge in [0.15, 0.2) is 0 Å². The third kappa shape index (κ3) is 5.47. The van der Waals surface area contributed by atoms with E-state index in [-0.39, 0.29) is 11.3 Å². The van der Waals surface area contributed by atoms with Gasteiger partial charge in [-0.1, -0.05) is 13.8 Å². The third-order valence-corrected chi connectivity index (χ3v) is 2.77. The predicted octanol–water partition coefficient (Wildman–Crippen LogP) is 0.772. The molecule has 0 aromatic carbocycles. The van der Waals surface area contributed by atoms with Crippen LogP contribution in [-0.4, -0.2) is 55.5 Å². The molecule has 0 aliphatic carbocycles. The molecule has 0 aliphatic heterocycles. The molecule has 0 atom stereocenters. The van der Waals surface area contributed by atoms with Gasteiger partial charge in [-0.15, -0.1) is 0 Å². The minimum absolute atomic E-state index is 0.0677. The van der Waals surface area contributed by atoms with Gasteiger partial charge >= 0.3 is 0 Å². The molecule has 4 nitrogen and oxygen atoms in total. The summed E-state index contributed by atoms with van der Waals surface area (Å²) in [6, 6.07) is 0. The molecule has 0 aromatic rings. The Bertz CT molecular complexity index is 212. The number of hydrogen-bond donors (Lipinski definition) is 1. The van der Waals surface area contributed by atoms with E-state index in [2.05, 4.69) is 13.8 Å². The van der Waals surface area contributed by atoms with E-state index in [1.165, 1.54) is 0 Å². The Morgan fingerprint density at radius 1 is 1.25 bits per heavy atom. The Kier molecular flexibility index (Phi) is 6.60. The van der Waals surface area contributed by atoms with Crippen LogP contribution >= 0.6 is 0 Å². The van der Waals surface area contributed by atoms with Gasteiger partial charge in [0, 0.05) is 19.6 Å². The maximum absolute atomic E-state index is 11.8. The number of carbonyl (C=O) groups is 1. The molecule has 16 heavy (non-hydrogen) atoms. The largest absolute Gasteiger partial charge is 0.342 e. The molecule has 0 unspecified atom stereocenters. The van der Waals surface area contributed by atoms with Crippen molar-refractivity contribution < 1.29 is 4.79 Å². The van der Waals surface area contributed by atoms with Crippen molar-refractivity contribution in [3.05, 3.63) is 0 Å². The zero-order chi connectivity index (χ0) is 12.8. The van der Waals surface area contributed by atoms with E-state index in [1.54, 1.807) is 0 Å². The summed E-state index contributed by atoms with van der Waals surface area (Å²) in [5, 5.41) is 0. The summed E-state index contributed by atoms with van der Waals surface area (Å²) in [4.78, 5) is 15.7. The van der Waals surface area contributed by atoms with Crippen LogP contribution in [0.1, 0.15) is 27.7 Å². The van der Waals surface area contributed by atoms with Gasteiger partial charge in [-0.25, -0.2) is 0 Å². The summed E-state index contributed by atoms with van der Waals surface area (Å²) in [6.45, 7) is 11.8. The van der Waals surface area contributed by atoms with Crippen molar-refractivity contribution in [1.82, 2.24) is 9.80 Å². The molecule has 0 aromatic heterocycles. The molecule has 0 bridgehead atoms. The second-order valence-electron chi connectivity index (χ2n) is 5.11. The van der Waals surface area contributed by atoms with Gasteiger partial charge in [0.1, 0.15) is 0 Å². The van der Waals surface area contributed by atoms with E-state index in [0.717, 1.165) is 19.6 Å². The van der Waals surface area contributed by atoms with Gasteiger partial charge in [0.2, 0.25) is 5.91 Å². The Morgan fingerprint density at radius 2 is 1.75 bits per heavy atom. The van der Waals surface area contributed by atoms with E-state index in [9.17, 15) is 4.79 Å². The monoisotopic (exact) mass is 229 g/mol. The fourth-order valence-corrected chi connectivity index (χ4v) is 1.76. The SMILES string of the molecule is CCN(CC)C(=O)CN(C)CC(C)(C)CN. The van der Waals surface area contributed by atoms with Crippen LogP contribution in [0.5, 0.6) is 0 Å². The summed E-state index contributed by atoms with van der Waals surface area (Å²) in [7, 11) is 1.97. The topological polar surface area (TPSA) is 49.6 Å². The molecule has 1 amide bonds. The van der Waals surface area contributed by atoms with Crippen LogP contribution in [0.2, 0.25) is 0 Å². The van der Waals surface area contributed by atoms with Gasteiger partial charge in [0.25, 0.3) is 0 Å². The fraction of sp³-hybridized carbons (Fsp3) is 0.917. The minimum Gasteiger partial charge on any atom is -0.342 e. The number of carbonyl (C=O) groups excluding carboxylic acids is 1. The highest BCUT2D eigenvalue weighted by Gasteiger charge is 2.20. The molecule has 96 valence electrons. The number of amides is 1. The van der Waals surface area contributed by atoms with Gasteiger partial charge in [-0.05, 0) is 32.9 Å². The van der Waals surface area contributed by atoms with Crippen LogP contribution in [0.4, 0.5) is 0 Å². The molecule has 0 saturated carbocycles. The lowest BCUT2D eigenvalue weighted by Gasteiger charge is -2.30. The number of likely N-dealkylation sites (N-methyl/N-ethyl adjacent to an activating group) is 2. The lowest BCUT2D eigenvalue weighted by molar-refractivity contribution is -0.131. The Balaban J connectivity index is 4.14. The summed E-state index contributed by atoms with van der Waals surface area (Å²) in [6.07, 6.45) is 0. The quantitative estimate of drug-likeness (QED) is 0.701. The van der Waals surface area contributed by atoms with E-state index in [0.29, 0.717) is 13.1 Å². The van der Waals surface area contributed by atoms with Crippen molar-refractivity contribution in [3.8, 4) is 0 Å². The number of rotatable bonds is 7. The number of hydrogen-bond acceptors (Lipinski definition) is 3. The first-order valence-electron chi connectivity index (χ1n) is 6.02. The number of nitrogens with zero attached hydrogens (tertiary/aromatic N) is 2. The van der Waals surface area contributed by atoms with Crippen LogP contribution in [0.15, 0.2) is 0 Å². The molecule has 0 rings (SSSR count). The Labute approximate surface area is 99.8 Å². The van der Waals surface area contributed by atoms with E-state index >= 15 is 0 Å². The van der Waals surface area contributed by atoms with Crippen molar-refractivity contribution in [2.24, 2.45) is 11.1 Å². The van der Waals surface area contributed by atoms with Crippen molar-refractivity contribution >= 4 is 5.91 Å². The minimum atomic E-state index is 0.0677. The maximum Gasteiger partial charge on any atom is 0.236 e. The summed E-state index contributed by atoms with van der Waals surface area (Å²) in [5.41, 5.74) is 5.74. The summed E-state index contributed by atoms with van der Waals surface area (Å²) >= 11 is 0. The van der Waals surface area contributed by atoms with E-state index in [1.807, 2.05) is 30.7 Å². The first-order valence-corrected chi connectivity index (χ1v) is 6.02. The summed E-state index contributed by atoms with van der Waals surface area (Å²) in [5.74, 6) is 0.195. The van der Waals surface area contributed by atoms with Crippen LogP contribution in [0.3, 0.4) is 0 Å². The molecule has 4 heteroatoms. The maximum atomic E-state index is 11.8. The first-order chi connectivity index (χ1) is 7.36. The van der Waals surface area contributed by atoms with Crippen molar-refractivity contribution in [2.75, 3.05) is 39.8 Å². The smallest absolute Gasteiger partial charge is 0.236 e. The zero-order valence-corrected chi connectivity index (χ0v) is 11.4. The number of nitrogens with two attached hydrogens (primary N) is 1. The summed E-state index contributed by atoms with van der Waals surface area (Å²) < 4.78 is 0. The van der Waals surface area contributed by atoms with Gasteiger partial charge in [0.05, 0.1) is 6.54 Å². The molecule has 0 fully saturated rings. The third-order valence-electron chi connectivity index (χ3n) is 2.77. The highest BCUT2D eigenvalue weighted by molar-refractivity contribution is 5.78. The Hall–Kier alpha value is -0.610. The lowest BCUT2D eigenvalue weighted by Crippen LogP contribution is -2.43. The average Bonchev–Trinajstić information content (AvgIpc) is 2.18. The van der Waals surface area contributed by atoms with Crippen molar-refractivity contribution in [2.45, 2.75) is 27.7 Å². The second kappa shape index (κ2) is 6.86. The fourth-order valence-electron chi connectivity index (χ4n) is 1.76. The van der Waals surface area contributed by atoms with Crippen LogP contribution in [0.25, 0.3) is 0 Å². The van der Waals surface area contributed by atoms with Gasteiger partial charge in [-0.3, -0.25) is 9.69 Å². The molecule has 0 heterocycles. The predicted molar refractivity (Wildman–Crippen MR) is 68.3 cm³/mol. The van der Waals surface area contributed by atoms with Crippen molar-refractivity contribution in [3.63, 3.8) is 0 Å². The normalized spacial score (nSPS) is 11.9. The Morgan fingerprint density at radius 3 is 2.12 bits per heavy atom. The lowest BCUT2D eigenvalue weighted by atomic mass is 9.93. The average molecular weight is 229 g/mol. The molecule has 0 saturated heterocycles. The van der Waals surface area contributed by atoms with Crippen LogP contribution in [0, 0.1) is 5.41 Å². The molecular formula is C12H27N3O. The molecule has 0 aliphatic rings. The highest BCUT2D eigenvalue weighted by atomic mass is 16.2. The molecular weight excluding hydrogens is 202 g/mol. The standard InChI is InChI=1S/C12H27N3O/c1-6-15(7-2)11(16)8-14(5)10-12(3,4)9-13/h6-10,13H2,1-5H3. The van der Waals surface area contributed by atoms with E-state index in [4.69, 9.17) is 5.73 Å². The van der Waals surface area contributed by atoms with Crippen LogP contribution in [-0.2, 0) is 4.79 Å². The zero-order valence-electron chi connectivity index (χ0n) is 11.4. The molecule has 0 radical (unpaired) electrons. The van der Waals surface area contributed by atoms with Gasteiger partial charge in [-0.2, -0.15) is 0 Å². The van der Waals surface area contributed by atoms with Crippen molar-refractivity contribution in [1.29, 1.82) is 0 Å².